The van der Waals surface area contributed by atoms with Gasteiger partial charge in [0.15, 0.2) is 0 Å². The zero-order chi connectivity index (χ0) is 20.8. The topological polar surface area (TPSA) is 79.3 Å². The van der Waals surface area contributed by atoms with Crippen molar-refractivity contribution in [2.24, 2.45) is 0 Å². The van der Waals surface area contributed by atoms with Crippen LogP contribution >= 0.6 is 0 Å². The fourth-order valence-corrected chi connectivity index (χ4v) is 3.63. The van der Waals surface area contributed by atoms with Crippen molar-refractivity contribution in [1.29, 1.82) is 0 Å². The van der Waals surface area contributed by atoms with Gasteiger partial charge in [0, 0.05) is 23.2 Å². The quantitative estimate of drug-likeness (QED) is 0.542. The lowest BCUT2D eigenvalue weighted by molar-refractivity contribution is -0.128. The first kappa shape index (κ1) is 19.5. The molecule has 6 nitrogen and oxygen atoms in total. The Morgan fingerprint density at radius 2 is 1.97 bits per heavy atom. The summed E-state index contributed by atoms with van der Waals surface area (Å²) in [4.78, 5) is 4.60. The number of hydrogen-bond acceptors (Lipinski definition) is 5. The monoisotopic (exact) mass is 405 g/mol. The van der Waals surface area contributed by atoms with Gasteiger partial charge >= 0.3 is 6.18 Å². The van der Waals surface area contributed by atoms with Crippen LogP contribution in [0.25, 0.3) is 22.3 Å². The normalized spacial score (nSPS) is 14.9. The first-order chi connectivity index (χ1) is 13.7. The number of aryl methyl sites for hydroxylation is 1. The van der Waals surface area contributed by atoms with E-state index in [2.05, 4.69) is 9.55 Å². The molecule has 29 heavy (non-hydrogen) atoms. The fraction of sp³-hybridized carbons (Fsp3) is 0.350. The van der Waals surface area contributed by atoms with Crippen molar-refractivity contribution in [1.82, 2.24) is 15.0 Å². The molecule has 1 aromatic carbocycles. The predicted molar refractivity (Wildman–Crippen MR) is 106 cm³/mol. The van der Waals surface area contributed by atoms with E-state index in [1.807, 2.05) is 24.6 Å². The van der Waals surface area contributed by atoms with Crippen LogP contribution in [-0.2, 0) is 0 Å². The number of hydrogen-bond donors (Lipinski definition) is 3. The van der Waals surface area contributed by atoms with Crippen molar-refractivity contribution < 1.29 is 18.4 Å². The SMILES string of the molecule is Cc1cnc2c(c1)c(N)c(-c1ccc(N(O)NCC(F)(F)F)cc1)n2C1CCC1. The predicted octanol–water partition coefficient (Wildman–Crippen LogP) is 4.58. The van der Waals surface area contributed by atoms with Crippen LogP contribution in [0.4, 0.5) is 24.5 Å². The Balaban J connectivity index is 1.70. The van der Waals surface area contributed by atoms with Gasteiger partial charge in [-0.3, -0.25) is 5.21 Å². The number of aromatic nitrogens is 2. The molecule has 9 heteroatoms. The lowest BCUT2D eigenvalue weighted by Gasteiger charge is -2.29. The van der Waals surface area contributed by atoms with Gasteiger partial charge in [-0.1, -0.05) is 12.1 Å². The first-order valence-corrected chi connectivity index (χ1v) is 9.40. The van der Waals surface area contributed by atoms with E-state index >= 15 is 0 Å². The largest absolute Gasteiger partial charge is 0.402 e. The zero-order valence-electron chi connectivity index (χ0n) is 15.9. The highest BCUT2D eigenvalue weighted by atomic mass is 19.4. The molecule has 0 bridgehead atoms. The summed E-state index contributed by atoms with van der Waals surface area (Å²) in [6.07, 6.45) is 0.647. The highest BCUT2D eigenvalue weighted by Crippen LogP contribution is 2.43. The van der Waals surface area contributed by atoms with Crippen LogP contribution in [0.1, 0.15) is 30.9 Å². The van der Waals surface area contributed by atoms with Crippen LogP contribution in [0.3, 0.4) is 0 Å². The average molecular weight is 405 g/mol. The van der Waals surface area contributed by atoms with Crippen LogP contribution in [0, 0.1) is 6.92 Å². The number of pyridine rings is 1. The number of nitrogens with zero attached hydrogens (tertiary/aromatic N) is 3. The molecule has 154 valence electrons. The van der Waals surface area contributed by atoms with Crippen molar-refractivity contribution in [3.63, 3.8) is 0 Å². The molecule has 0 aliphatic heterocycles. The van der Waals surface area contributed by atoms with Gasteiger partial charge in [0.25, 0.3) is 0 Å². The Kier molecular flexibility index (Phi) is 4.87. The molecule has 0 unspecified atom stereocenters. The number of halogens is 3. The second kappa shape index (κ2) is 7.23. The number of hydrazine groups is 1. The van der Waals surface area contributed by atoms with Crippen LogP contribution in [0.15, 0.2) is 36.5 Å². The summed E-state index contributed by atoms with van der Waals surface area (Å²) in [6, 6.07) is 8.89. The molecule has 0 saturated heterocycles. The highest BCUT2D eigenvalue weighted by molar-refractivity contribution is 5.99. The first-order valence-electron chi connectivity index (χ1n) is 9.40. The third-order valence-corrected chi connectivity index (χ3v) is 5.27. The van der Waals surface area contributed by atoms with Crippen LogP contribution < -0.4 is 16.3 Å². The molecular formula is C20H22F3N5O. The lowest BCUT2D eigenvalue weighted by Crippen LogP contribution is -2.41. The standard InChI is InChI=1S/C20H22F3N5O/c1-12-9-16-17(24)18(27(14-3-2-4-14)19(16)25-10-12)13-5-7-15(8-6-13)28(29)26-11-20(21,22)23/h5-10,14,26,29H,2-4,11,24H2,1H3. The number of fused-ring (bicyclic) bond motifs is 1. The maximum Gasteiger partial charge on any atom is 0.402 e. The van der Waals surface area contributed by atoms with E-state index in [-0.39, 0.29) is 5.69 Å². The fourth-order valence-electron chi connectivity index (χ4n) is 3.63. The van der Waals surface area contributed by atoms with Crippen LogP contribution in [0.2, 0.25) is 0 Å². The maximum absolute atomic E-state index is 12.3. The van der Waals surface area contributed by atoms with Crippen molar-refractivity contribution in [2.45, 2.75) is 38.4 Å². The second-order valence-electron chi connectivity index (χ2n) is 7.41. The number of nitrogens with two attached hydrogens (primary N) is 1. The summed E-state index contributed by atoms with van der Waals surface area (Å²) in [6.45, 7) is 0.629. The summed E-state index contributed by atoms with van der Waals surface area (Å²) in [5.74, 6) is 0. The molecule has 1 fully saturated rings. The van der Waals surface area contributed by atoms with Gasteiger partial charge in [-0.25, -0.2) is 10.4 Å². The third-order valence-electron chi connectivity index (χ3n) is 5.27. The Morgan fingerprint density at radius 1 is 1.28 bits per heavy atom. The number of anilines is 2. The van der Waals surface area contributed by atoms with Gasteiger partial charge in [-0.2, -0.15) is 18.3 Å². The summed E-state index contributed by atoms with van der Waals surface area (Å²) >= 11 is 0. The van der Waals surface area contributed by atoms with E-state index in [9.17, 15) is 18.4 Å². The Morgan fingerprint density at radius 3 is 2.55 bits per heavy atom. The molecule has 4 rings (SSSR count). The average Bonchev–Trinajstić information content (AvgIpc) is 2.90. The lowest BCUT2D eigenvalue weighted by atomic mass is 9.92. The molecule has 1 aliphatic carbocycles. The van der Waals surface area contributed by atoms with Crippen molar-refractivity contribution in [2.75, 3.05) is 17.5 Å². The van der Waals surface area contributed by atoms with E-state index in [0.29, 0.717) is 16.9 Å². The van der Waals surface area contributed by atoms with Crippen LogP contribution in [0.5, 0.6) is 0 Å². The third kappa shape index (κ3) is 3.75. The Labute approximate surface area is 165 Å². The molecule has 0 spiro atoms. The van der Waals surface area contributed by atoms with Gasteiger partial charge in [-0.05, 0) is 49.9 Å². The van der Waals surface area contributed by atoms with Crippen molar-refractivity contribution in [3.8, 4) is 11.3 Å². The Bertz CT molecular complexity index is 1030. The number of rotatable bonds is 5. The molecule has 0 atom stereocenters. The minimum Gasteiger partial charge on any atom is -0.396 e. The molecule has 1 saturated carbocycles. The molecule has 1 aliphatic rings. The summed E-state index contributed by atoms with van der Waals surface area (Å²) in [5.41, 5.74) is 12.7. The van der Waals surface area contributed by atoms with E-state index in [1.165, 1.54) is 0 Å². The minimum absolute atomic E-state index is 0.192. The number of alkyl halides is 3. The molecule has 2 heterocycles. The summed E-state index contributed by atoms with van der Waals surface area (Å²) in [5, 5.41) is 11.1. The molecule has 0 radical (unpaired) electrons. The number of nitrogen functional groups attached to an aromatic ring is 1. The van der Waals surface area contributed by atoms with Crippen molar-refractivity contribution in [3.05, 3.63) is 42.1 Å². The molecule has 4 N–H and O–H groups in total. The van der Waals surface area contributed by atoms with Gasteiger partial charge in [0.05, 0.1) is 17.1 Å². The smallest absolute Gasteiger partial charge is 0.396 e. The second-order valence-corrected chi connectivity index (χ2v) is 7.41. The van der Waals surface area contributed by atoms with Gasteiger partial charge in [0.2, 0.25) is 0 Å². The maximum atomic E-state index is 12.3. The minimum atomic E-state index is -4.43. The molecule has 0 amide bonds. The number of benzene rings is 1. The van der Waals surface area contributed by atoms with Gasteiger partial charge < -0.3 is 10.3 Å². The summed E-state index contributed by atoms with van der Waals surface area (Å²) < 4.78 is 39.2. The molecular weight excluding hydrogens is 383 g/mol. The zero-order valence-corrected chi connectivity index (χ0v) is 15.9. The van der Waals surface area contributed by atoms with E-state index in [0.717, 1.165) is 47.1 Å². The van der Waals surface area contributed by atoms with Crippen molar-refractivity contribution >= 4 is 22.4 Å². The Hall–Kier alpha value is -2.78. The highest BCUT2D eigenvalue weighted by Gasteiger charge is 2.29. The molecule has 3 aromatic rings. The van der Waals surface area contributed by atoms with Gasteiger partial charge in [-0.15, -0.1) is 0 Å². The van der Waals surface area contributed by atoms with E-state index in [4.69, 9.17) is 5.73 Å². The van der Waals surface area contributed by atoms with Crippen LogP contribution in [-0.4, -0.2) is 27.5 Å². The van der Waals surface area contributed by atoms with E-state index in [1.54, 1.807) is 24.3 Å². The summed E-state index contributed by atoms with van der Waals surface area (Å²) in [7, 11) is 0. The van der Waals surface area contributed by atoms with Gasteiger partial charge in [0.1, 0.15) is 12.2 Å². The van der Waals surface area contributed by atoms with E-state index < -0.39 is 12.7 Å². The molecule has 2 aromatic heterocycles. The number of nitrogens with one attached hydrogen (secondary N) is 1.